The van der Waals surface area contributed by atoms with E-state index in [0.29, 0.717) is 6.42 Å². The summed E-state index contributed by atoms with van der Waals surface area (Å²) >= 11 is 0. The van der Waals surface area contributed by atoms with Crippen LogP contribution in [0.3, 0.4) is 0 Å². The van der Waals surface area contributed by atoms with Crippen LogP contribution in [-0.4, -0.2) is 22.4 Å². The van der Waals surface area contributed by atoms with E-state index in [1.165, 1.54) is 0 Å². The second-order valence-corrected chi connectivity index (χ2v) is 3.22. The first-order valence-corrected chi connectivity index (χ1v) is 4.18. The number of carbonyl (C=O) groups is 1. The summed E-state index contributed by atoms with van der Waals surface area (Å²) < 4.78 is 5.00. The van der Waals surface area contributed by atoms with Crippen molar-refractivity contribution < 1.29 is 9.53 Å². The molecule has 13 heavy (non-hydrogen) atoms. The number of amides is 1. The Balaban J connectivity index is 2.39. The highest BCUT2D eigenvalue weighted by Crippen LogP contribution is 2.22. The molecule has 0 unspecified atom stereocenters. The van der Waals surface area contributed by atoms with Crippen molar-refractivity contribution in [2.24, 2.45) is 0 Å². The molecule has 1 atom stereocenters. The normalized spacial score (nSPS) is 21.4. The maximum absolute atomic E-state index is 11.1. The molecule has 5 heteroatoms. The van der Waals surface area contributed by atoms with Crippen LogP contribution in [0.5, 0.6) is 0 Å². The number of carbonyl (C=O) groups excluding carboxylic acids is 1. The van der Waals surface area contributed by atoms with E-state index in [4.69, 9.17) is 4.74 Å². The van der Waals surface area contributed by atoms with Gasteiger partial charge in [-0.3, -0.25) is 10.4 Å². The summed E-state index contributed by atoms with van der Waals surface area (Å²) in [5.41, 5.74) is 2.48. The first kappa shape index (κ1) is 8.10. The van der Waals surface area contributed by atoms with E-state index in [1.54, 1.807) is 0 Å². The molecule has 0 aliphatic carbocycles. The zero-order valence-corrected chi connectivity index (χ0v) is 7.55. The SMILES string of the molecule is Cc1[nH]nc2c1NC(=O)O[C@@H](C)C2. The molecule has 1 aromatic rings. The summed E-state index contributed by atoms with van der Waals surface area (Å²) in [6.45, 7) is 3.71. The fraction of sp³-hybridized carbons (Fsp3) is 0.500. The van der Waals surface area contributed by atoms with Gasteiger partial charge in [-0.2, -0.15) is 5.10 Å². The highest BCUT2D eigenvalue weighted by Gasteiger charge is 2.22. The molecule has 1 aliphatic rings. The van der Waals surface area contributed by atoms with E-state index in [1.807, 2.05) is 13.8 Å². The molecular weight excluding hydrogens is 170 g/mol. The number of rotatable bonds is 0. The molecular formula is C8H11N3O2. The number of cyclic esters (lactones) is 1. The smallest absolute Gasteiger partial charge is 0.412 e. The third-order valence-corrected chi connectivity index (χ3v) is 2.04. The number of nitrogens with one attached hydrogen (secondary N) is 2. The molecule has 5 nitrogen and oxygen atoms in total. The van der Waals surface area contributed by atoms with Gasteiger partial charge in [0.25, 0.3) is 0 Å². The summed E-state index contributed by atoms with van der Waals surface area (Å²) in [5, 5.41) is 9.56. The van der Waals surface area contributed by atoms with Crippen molar-refractivity contribution in [3.63, 3.8) is 0 Å². The Morgan fingerprint density at radius 3 is 3.15 bits per heavy atom. The monoisotopic (exact) mass is 181 g/mol. The molecule has 1 aliphatic heterocycles. The van der Waals surface area contributed by atoms with Crippen molar-refractivity contribution >= 4 is 11.8 Å². The van der Waals surface area contributed by atoms with Crippen LogP contribution < -0.4 is 5.32 Å². The predicted molar refractivity (Wildman–Crippen MR) is 46.6 cm³/mol. The van der Waals surface area contributed by atoms with Gasteiger partial charge in [-0.15, -0.1) is 0 Å². The third kappa shape index (κ3) is 1.37. The zero-order chi connectivity index (χ0) is 9.42. The lowest BCUT2D eigenvalue weighted by Crippen LogP contribution is -2.17. The molecule has 2 rings (SSSR count). The van der Waals surface area contributed by atoms with Gasteiger partial charge in [-0.05, 0) is 13.8 Å². The average Bonchev–Trinajstić information content (AvgIpc) is 2.32. The number of hydrogen-bond donors (Lipinski definition) is 2. The van der Waals surface area contributed by atoms with E-state index in [9.17, 15) is 4.79 Å². The number of H-pyrrole nitrogens is 1. The van der Waals surface area contributed by atoms with Crippen LogP contribution in [0.2, 0.25) is 0 Å². The molecule has 70 valence electrons. The van der Waals surface area contributed by atoms with Crippen molar-refractivity contribution in [3.8, 4) is 0 Å². The fourth-order valence-corrected chi connectivity index (χ4v) is 1.42. The molecule has 0 fully saturated rings. The van der Waals surface area contributed by atoms with Gasteiger partial charge >= 0.3 is 6.09 Å². The van der Waals surface area contributed by atoms with Crippen molar-refractivity contribution in [2.45, 2.75) is 26.4 Å². The molecule has 0 bridgehead atoms. The van der Waals surface area contributed by atoms with Gasteiger partial charge < -0.3 is 4.74 Å². The van der Waals surface area contributed by atoms with Gasteiger partial charge in [-0.25, -0.2) is 4.79 Å². The maximum atomic E-state index is 11.1. The number of hydrogen-bond acceptors (Lipinski definition) is 3. The Labute approximate surface area is 75.5 Å². The van der Waals surface area contributed by atoms with Gasteiger partial charge in [0.2, 0.25) is 0 Å². The lowest BCUT2D eigenvalue weighted by atomic mass is 10.2. The lowest BCUT2D eigenvalue weighted by Gasteiger charge is -2.06. The van der Waals surface area contributed by atoms with Crippen LogP contribution in [0.25, 0.3) is 0 Å². The number of nitrogens with zero attached hydrogens (tertiary/aromatic N) is 1. The van der Waals surface area contributed by atoms with E-state index in [2.05, 4.69) is 15.5 Å². The van der Waals surface area contributed by atoms with Crippen LogP contribution in [0, 0.1) is 6.92 Å². The first-order chi connectivity index (χ1) is 6.16. The minimum absolute atomic E-state index is 0.121. The summed E-state index contributed by atoms with van der Waals surface area (Å²) in [7, 11) is 0. The lowest BCUT2D eigenvalue weighted by molar-refractivity contribution is 0.122. The molecule has 1 amide bonds. The summed E-state index contributed by atoms with van der Waals surface area (Å²) in [4.78, 5) is 11.1. The van der Waals surface area contributed by atoms with E-state index >= 15 is 0 Å². The summed E-state index contributed by atoms with van der Waals surface area (Å²) in [6, 6.07) is 0. The minimum atomic E-state index is -0.407. The van der Waals surface area contributed by atoms with E-state index in [0.717, 1.165) is 17.1 Å². The van der Waals surface area contributed by atoms with Crippen LogP contribution in [0.1, 0.15) is 18.3 Å². The zero-order valence-electron chi connectivity index (χ0n) is 7.55. The highest BCUT2D eigenvalue weighted by molar-refractivity contribution is 5.87. The second kappa shape index (κ2) is 2.76. The van der Waals surface area contributed by atoms with Gasteiger partial charge in [0.15, 0.2) is 0 Å². The van der Waals surface area contributed by atoms with Crippen molar-refractivity contribution in [2.75, 3.05) is 5.32 Å². The number of anilines is 1. The number of fused-ring (bicyclic) bond motifs is 1. The fourth-order valence-electron chi connectivity index (χ4n) is 1.42. The molecule has 0 spiro atoms. The van der Waals surface area contributed by atoms with Gasteiger partial charge in [0.05, 0.1) is 17.1 Å². The molecule has 1 aromatic heterocycles. The predicted octanol–water partition coefficient (Wildman–Crippen LogP) is 1.21. The van der Waals surface area contributed by atoms with E-state index < -0.39 is 6.09 Å². The van der Waals surface area contributed by atoms with Crippen LogP contribution in [-0.2, 0) is 11.2 Å². The highest BCUT2D eigenvalue weighted by atomic mass is 16.6. The Hall–Kier alpha value is -1.52. The molecule has 2 heterocycles. The Kier molecular flexibility index (Phi) is 1.72. The quantitative estimate of drug-likeness (QED) is 0.632. The Morgan fingerprint density at radius 2 is 2.38 bits per heavy atom. The van der Waals surface area contributed by atoms with E-state index in [-0.39, 0.29) is 6.10 Å². The molecule has 0 saturated heterocycles. The molecule has 0 saturated carbocycles. The summed E-state index contributed by atoms with van der Waals surface area (Å²) in [6.07, 6.45) is 0.123. The first-order valence-electron chi connectivity index (χ1n) is 4.18. The molecule has 0 radical (unpaired) electrons. The Bertz CT molecular complexity index is 345. The van der Waals surface area contributed by atoms with Gasteiger partial charge in [-0.1, -0.05) is 0 Å². The van der Waals surface area contributed by atoms with Crippen molar-refractivity contribution in [1.29, 1.82) is 0 Å². The minimum Gasteiger partial charge on any atom is -0.446 e. The maximum Gasteiger partial charge on any atom is 0.412 e. The summed E-state index contributed by atoms with van der Waals surface area (Å²) in [5.74, 6) is 0. The largest absolute Gasteiger partial charge is 0.446 e. The van der Waals surface area contributed by atoms with Gasteiger partial charge in [0, 0.05) is 6.42 Å². The second-order valence-electron chi connectivity index (χ2n) is 3.22. The number of aromatic nitrogens is 2. The van der Waals surface area contributed by atoms with Crippen LogP contribution in [0.15, 0.2) is 0 Å². The van der Waals surface area contributed by atoms with Gasteiger partial charge in [0.1, 0.15) is 6.10 Å². The third-order valence-electron chi connectivity index (χ3n) is 2.04. The molecule has 2 N–H and O–H groups in total. The van der Waals surface area contributed by atoms with Crippen LogP contribution >= 0.6 is 0 Å². The van der Waals surface area contributed by atoms with Crippen LogP contribution in [0.4, 0.5) is 10.5 Å². The average molecular weight is 181 g/mol. The van der Waals surface area contributed by atoms with Crippen molar-refractivity contribution in [3.05, 3.63) is 11.4 Å². The molecule has 0 aromatic carbocycles. The topological polar surface area (TPSA) is 67.0 Å². The number of ether oxygens (including phenoxy) is 1. The number of aromatic amines is 1. The Morgan fingerprint density at radius 1 is 1.62 bits per heavy atom. The number of aryl methyl sites for hydroxylation is 1. The standard InChI is InChI=1S/C8H11N3O2/c1-4-3-6-7(5(2)10-11-6)9-8(12)13-4/h4H,3H2,1-2H3,(H,9,12)(H,10,11)/t4-/m0/s1. The van der Waals surface area contributed by atoms with Crippen molar-refractivity contribution in [1.82, 2.24) is 10.2 Å².